The van der Waals surface area contributed by atoms with Crippen molar-refractivity contribution < 1.29 is 9.59 Å². The summed E-state index contributed by atoms with van der Waals surface area (Å²) in [6.07, 6.45) is 3.97. The molecule has 1 saturated heterocycles. The molecule has 0 unspecified atom stereocenters. The molecule has 1 aliphatic rings. The zero-order chi connectivity index (χ0) is 20.1. The van der Waals surface area contributed by atoms with Crippen LogP contribution in [0.2, 0.25) is 0 Å². The molecule has 1 aromatic heterocycles. The first-order chi connectivity index (χ1) is 13.5. The van der Waals surface area contributed by atoms with E-state index in [1.54, 1.807) is 9.58 Å². The van der Waals surface area contributed by atoms with Gasteiger partial charge in [0.15, 0.2) is 0 Å². The Kier molecular flexibility index (Phi) is 5.92. The number of nitrogens with one attached hydrogen (secondary N) is 1. The molecule has 2 heterocycles. The molecule has 7 heteroatoms. The summed E-state index contributed by atoms with van der Waals surface area (Å²) >= 11 is 0. The molecule has 3 rings (SSSR count). The minimum atomic E-state index is -0.665. The van der Waals surface area contributed by atoms with E-state index in [2.05, 4.69) is 22.0 Å². The molecule has 1 aromatic carbocycles. The maximum Gasteiger partial charge on any atom is 0.245 e. The van der Waals surface area contributed by atoms with Crippen molar-refractivity contribution in [2.75, 3.05) is 13.1 Å². The van der Waals surface area contributed by atoms with Gasteiger partial charge in [0.25, 0.3) is 0 Å². The zero-order valence-corrected chi connectivity index (χ0v) is 16.5. The smallest absolute Gasteiger partial charge is 0.245 e. The van der Waals surface area contributed by atoms with Gasteiger partial charge in [0.2, 0.25) is 11.8 Å². The third kappa shape index (κ3) is 3.83. The Hall–Kier alpha value is -2.96. The van der Waals surface area contributed by atoms with E-state index in [1.165, 1.54) is 12.4 Å². The van der Waals surface area contributed by atoms with Gasteiger partial charge in [-0.1, -0.05) is 36.9 Å². The number of carbonyl (C=O) groups excluding carboxylic acids is 2. The van der Waals surface area contributed by atoms with E-state index in [-0.39, 0.29) is 17.9 Å². The Morgan fingerprint density at radius 2 is 1.93 bits per heavy atom. The molecule has 0 bridgehead atoms. The molecule has 1 fully saturated rings. The molecule has 0 atom stereocenters. The number of likely N-dealkylation sites (tertiary alicyclic amines) is 1. The van der Waals surface area contributed by atoms with E-state index in [9.17, 15) is 9.59 Å². The third-order valence-corrected chi connectivity index (χ3v) is 5.41. The Bertz CT molecular complexity index is 835. The van der Waals surface area contributed by atoms with E-state index in [0.717, 1.165) is 11.4 Å². The Morgan fingerprint density at radius 3 is 2.54 bits per heavy atom. The fraction of sp³-hybridized carbons (Fsp3) is 0.429. The lowest BCUT2D eigenvalue weighted by molar-refractivity contribution is -0.134. The average Bonchev–Trinajstić information content (AvgIpc) is 3.21. The van der Waals surface area contributed by atoms with Gasteiger partial charge in [0.05, 0.1) is 12.0 Å². The van der Waals surface area contributed by atoms with Gasteiger partial charge in [-0.2, -0.15) is 5.10 Å². The minimum absolute atomic E-state index is 0.0392. The highest BCUT2D eigenvalue weighted by Crippen LogP contribution is 2.36. The fourth-order valence-corrected chi connectivity index (χ4v) is 3.80. The van der Waals surface area contributed by atoms with Crippen LogP contribution in [0.25, 0.3) is 0 Å². The van der Waals surface area contributed by atoms with Crippen molar-refractivity contribution in [3.63, 3.8) is 0 Å². The molecule has 0 aliphatic carbocycles. The monoisotopic (exact) mass is 381 g/mol. The highest BCUT2D eigenvalue weighted by molar-refractivity contribution is 5.90. The summed E-state index contributed by atoms with van der Waals surface area (Å²) in [5.41, 5.74) is 0.311. The van der Waals surface area contributed by atoms with E-state index in [1.807, 2.05) is 44.2 Å². The predicted octanol–water partition coefficient (Wildman–Crippen LogP) is 2.22. The van der Waals surface area contributed by atoms with Crippen LogP contribution in [0.15, 0.2) is 49.3 Å². The third-order valence-electron chi connectivity index (χ3n) is 5.41. The molecule has 0 radical (unpaired) electrons. The SMILES string of the molecule is C=CC(=O)N1CCC(C(=O)NCc2ncnn2C(C)C)(c2ccccc2)CC1. The van der Waals surface area contributed by atoms with Gasteiger partial charge in [-0.3, -0.25) is 9.59 Å². The number of piperidine rings is 1. The van der Waals surface area contributed by atoms with Crippen molar-refractivity contribution in [3.8, 4) is 0 Å². The van der Waals surface area contributed by atoms with E-state index in [0.29, 0.717) is 32.5 Å². The number of carbonyl (C=O) groups is 2. The van der Waals surface area contributed by atoms with Gasteiger partial charge in [-0.15, -0.1) is 0 Å². The molecular formula is C21H27N5O2. The summed E-state index contributed by atoms with van der Waals surface area (Å²) < 4.78 is 1.81. The van der Waals surface area contributed by atoms with Gasteiger partial charge in [0, 0.05) is 19.1 Å². The molecule has 1 N–H and O–H groups in total. The summed E-state index contributed by atoms with van der Waals surface area (Å²) in [5.74, 6) is 0.598. The maximum atomic E-state index is 13.4. The first-order valence-electron chi connectivity index (χ1n) is 9.61. The van der Waals surface area contributed by atoms with Crippen LogP contribution in [0.3, 0.4) is 0 Å². The Balaban J connectivity index is 1.80. The molecule has 7 nitrogen and oxygen atoms in total. The van der Waals surface area contributed by atoms with Crippen molar-refractivity contribution in [1.29, 1.82) is 0 Å². The van der Waals surface area contributed by atoms with Crippen LogP contribution >= 0.6 is 0 Å². The number of hydrogen-bond acceptors (Lipinski definition) is 4. The van der Waals surface area contributed by atoms with E-state index < -0.39 is 5.41 Å². The van der Waals surface area contributed by atoms with Crippen LogP contribution in [0, 0.1) is 0 Å². The number of rotatable bonds is 6. The molecule has 2 aromatic rings. The molecule has 0 saturated carbocycles. The minimum Gasteiger partial charge on any atom is -0.348 e. The topological polar surface area (TPSA) is 80.1 Å². The predicted molar refractivity (Wildman–Crippen MR) is 106 cm³/mol. The van der Waals surface area contributed by atoms with Crippen LogP contribution in [0.5, 0.6) is 0 Å². The largest absolute Gasteiger partial charge is 0.348 e. The second-order valence-corrected chi connectivity index (χ2v) is 7.37. The number of aromatic nitrogens is 3. The van der Waals surface area contributed by atoms with Crippen molar-refractivity contribution in [2.24, 2.45) is 0 Å². The second kappa shape index (κ2) is 8.37. The second-order valence-electron chi connectivity index (χ2n) is 7.37. The van der Waals surface area contributed by atoms with Gasteiger partial charge in [0.1, 0.15) is 12.2 Å². The number of benzene rings is 1. The van der Waals surface area contributed by atoms with Crippen molar-refractivity contribution >= 4 is 11.8 Å². The summed E-state index contributed by atoms with van der Waals surface area (Å²) in [7, 11) is 0. The van der Waals surface area contributed by atoms with Gasteiger partial charge in [-0.25, -0.2) is 9.67 Å². The quantitative estimate of drug-likeness (QED) is 0.778. The lowest BCUT2D eigenvalue weighted by Crippen LogP contribution is -2.52. The maximum absolute atomic E-state index is 13.4. The van der Waals surface area contributed by atoms with Gasteiger partial charge < -0.3 is 10.2 Å². The first kappa shape index (κ1) is 19.8. The number of amides is 2. The summed E-state index contributed by atoms with van der Waals surface area (Å²) in [6.45, 7) is 8.98. The Morgan fingerprint density at radius 1 is 1.25 bits per heavy atom. The van der Waals surface area contributed by atoms with Crippen LogP contribution in [-0.2, 0) is 21.5 Å². The normalized spacial score (nSPS) is 16.0. The van der Waals surface area contributed by atoms with Crippen LogP contribution < -0.4 is 5.32 Å². The van der Waals surface area contributed by atoms with Crippen LogP contribution in [-0.4, -0.2) is 44.6 Å². The molecule has 1 aliphatic heterocycles. The zero-order valence-electron chi connectivity index (χ0n) is 16.5. The standard InChI is InChI=1S/C21H27N5O2/c1-4-19(27)25-12-10-21(11-13-25,17-8-6-5-7-9-17)20(28)22-14-18-23-15-24-26(18)16(2)3/h4-9,15-16H,1,10-14H2,2-3H3,(H,22,28). The molecule has 148 valence electrons. The number of hydrogen-bond donors (Lipinski definition) is 1. The summed E-state index contributed by atoms with van der Waals surface area (Å²) in [5, 5.41) is 7.28. The van der Waals surface area contributed by atoms with Crippen molar-refractivity contribution in [3.05, 3.63) is 60.7 Å². The highest BCUT2D eigenvalue weighted by Gasteiger charge is 2.43. The van der Waals surface area contributed by atoms with Gasteiger partial charge >= 0.3 is 0 Å². The fourth-order valence-electron chi connectivity index (χ4n) is 3.80. The van der Waals surface area contributed by atoms with E-state index in [4.69, 9.17) is 0 Å². The van der Waals surface area contributed by atoms with Crippen LogP contribution in [0.4, 0.5) is 0 Å². The molecule has 0 spiro atoms. The van der Waals surface area contributed by atoms with Crippen molar-refractivity contribution in [1.82, 2.24) is 25.0 Å². The highest BCUT2D eigenvalue weighted by atomic mass is 16.2. The van der Waals surface area contributed by atoms with E-state index >= 15 is 0 Å². The lowest BCUT2D eigenvalue weighted by Gasteiger charge is -2.40. The molecular weight excluding hydrogens is 354 g/mol. The first-order valence-corrected chi connectivity index (χ1v) is 9.61. The Labute approximate surface area is 165 Å². The van der Waals surface area contributed by atoms with Gasteiger partial charge in [-0.05, 0) is 38.3 Å². The average molecular weight is 381 g/mol. The molecule has 28 heavy (non-hydrogen) atoms. The molecule has 2 amide bonds. The lowest BCUT2D eigenvalue weighted by atomic mass is 9.72. The summed E-state index contributed by atoms with van der Waals surface area (Å²) in [4.78, 5) is 31.3. The number of nitrogens with zero attached hydrogens (tertiary/aromatic N) is 4. The van der Waals surface area contributed by atoms with Crippen LogP contribution in [0.1, 0.15) is 44.1 Å². The summed E-state index contributed by atoms with van der Waals surface area (Å²) in [6, 6.07) is 9.98. The van der Waals surface area contributed by atoms with Crippen molar-refractivity contribution in [2.45, 2.75) is 44.7 Å².